The van der Waals surface area contributed by atoms with Gasteiger partial charge in [0.1, 0.15) is 0 Å². The number of benzene rings is 1. The summed E-state index contributed by atoms with van der Waals surface area (Å²) in [5.74, 6) is 0. The lowest BCUT2D eigenvalue weighted by molar-refractivity contribution is -0.0561. The Bertz CT molecular complexity index is 309. The van der Waals surface area contributed by atoms with Crippen LogP contribution in [0.3, 0.4) is 0 Å². The molecule has 15 heavy (non-hydrogen) atoms. The van der Waals surface area contributed by atoms with Crippen LogP contribution in [0, 0.1) is 0 Å². The fourth-order valence-corrected chi connectivity index (χ4v) is 2.86. The zero-order chi connectivity index (χ0) is 11.5. The van der Waals surface area contributed by atoms with Crippen LogP contribution in [0.25, 0.3) is 0 Å². The van der Waals surface area contributed by atoms with Crippen molar-refractivity contribution in [3.8, 4) is 0 Å². The second kappa shape index (κ2) is 4.42. The van der Waals surface area contributed by atoms with Gasteiger partial charge < -0.3 is 0 Å². The van der Waals surface area contributed by atoms with Gasteiger partial charge in [0.2, 0.25) is 0 Å². The van der Waals surface area contributed by atoms with E-state index in [4.69, 9.17) is 0 Å². The molecule has 0 N–H and O–H groups in total. The van der Waals surface area contributed by atoms with E-state index in [9.17, 15) is 13.2 Å². The normalized spacial score (nSPS) is 13.9. The van der Waals surface area contributed by atoms with Crippen LogP contribution in [-0.4, -0.2) is 19.7 Å². The van der Waals surface area contributed by atoms with Gasteiger partial charge in [-0.3, -0.25) is 8.37 Å². The van der Waals surface area contributed by atoms with Gasteiger partial charge in [0.25, 0.3) is 0 Å². The molecule has 0 radical (unpaired) electrons. The minimum Gasteiger partial charge on any atom is -0.276 e. The molecule has 0 aliphatic rings. The van der Waals surface area contributed by atoms with E-state index in [-0.39, 0.29) is 4.90 Å². The Morgan fingerprint density at radius 1 is 1.00 bits per heavy atom. The van der Waals surface area contributed by atoms with Gasteiger partial charge in [-0.2, -0.15) is 13.2 Å². The van der Waals surface area contributed by atoms with E-state index in [0.717, 1.165) is 14.2 Å². The third-order valence-electron chi connectivity index (χ3n) is 1.83. The van der Waals surface area contributed by atoms with Crippen molar-refractivity contribution in [3.05, 3.63) is 30.3 Å². The molecule has 0 atom stereocenters. The maximum atomic E-state index is 12.8. The van der Waals surface area contributed by atoms with Crippen LogP contribution in [0.2, 0.25) is 0 Å². The van der Waals surface area contributed by atoms with Crippen molar-refractivity contribution in [2.45, 2.75) is 10.4 Å². The molecule has 0 aromatic heterocycles. The molecule has 1 aromatic carbocycles. The van der Waals surface area contributed by atoms with Gasteiger partial charge in [-0.25, -0.2) is 0 Å². The molecule has 0 aliphatic heterocycles. The fraction of sp³-hybridized carbons (Fsp3) is 0.333. The van der Waals surface area contributed by atoms with Crippen LogP contribution in [0.15, 0.2) is 35.2 Å². The molecule has 0 saturated heterocycles. The van der Waals surface area contributed by atoms with E-state index in [2.05, 4.69) is 8.37 Å². The standard InChI is InChI=1S/C9H11F3O2S/c1-13-15(14-2,9(10,11)12)8-6-4-3-5-7-8/h3-7H,1-2H3. The molecule has 1 rings (SSSR count). The zero-order valence-corrected chi connectivity index (χ0v) is 9.06. The van der Waals surface area contributed by atoms with Crippen LogP contribution >= 0.6 is 10.6 Å². The van der Waals surface area contributed by atoms with Crippen molar-refractivity contribution in [3.63, 3.8) is 0 Å². The van der Waals surface area contributed by atoms with Crippen molar-refractivity contribution in [2.24, 2.45) is 0 Å². The summed E-state index contributed by atoms with van der Waals surface area (Å²) < 4.78 is 47.7. The lowest BCUT2D eigenvalue weighted by atomic mass is 10.4. The number of rotatable bonds is 3. The summed E-state index contributed by atoms with van der Waals surface area (Å²) >= 11 is 0. The van der Waals surface area contributed by atoms with E-state index in [0.29, 0.717) is 0 Å². The summed E-state index contributed by atoms with van der Waals surface area (Å²) in [6.45, 7) is 0. The minimum atomic E-state index is -4.54. The Labute approximate surface area is 87.7 Å². The van der Waals surface area contributed by atoms with Crippen molar-refractivity contribution in [1.82, 2.24) is 0 Å². The summed E-state index contributed by atoms with van der Waals surface area (Å²) in [6, 6.07) is 7.35. The fourth-order valence-electron chi connectivity index (χ4n) is 1.18. The zero-order valence-electron chi connectivity index (χ0n) is 8.25. The largest absolute Gasteiger partial charge is 0.501 e. The quantitative estimate of drug-likeness (QED) is 0.805. The molecule has 0 spiro atoms. The first-order valence-electron chi connectivity index (χ1n) is 4.04. The highest BCUT2D eigenvalue weighted by molar-refractivity contribution is 8.26. The summed E-state index contributed by atoms with van der Waals surface area (Å²) in [7, 11) is -1.67. The van der Waals surface area contributed by atoms with Crippen molar-refractivity contribution < 1.29 is 21.5 Å². The lowest BCUT2D eigenvalue weighted by Crippen LogP contribution is -2.23. The van der Waals surface area contributed by atoms with Crippen molar-refractivity contribution in [1.29, 1.82) is 0 Å². The Morgan fingerprint density at radius 3 is 1.80 bits per heavy atom. The molecule has 0 heterocycles. The first-order chi connectivity index (χ1) is 6.98. The summed E-state index contributed by atoms with van der Waals surface area (Å²) in [5, 5.41) is 0. The summed E-state index contributed by atoms with van der Waals surface area (Å²) in [4.78, 5) is 0.00231. The van der Waals surface area contributed by atoms with E-state index in [1.807, 2.05) is 0 Å². The predicted molar refractivity (Wildman–Crippen MR) is 52.4 cm³/mol. The number of hydrogen-bond donors (Lipinski definition) is 0. The molecule has 0 bridgehead atoms. The van der Waals surface area contributed by atoms with E-state index < -0.39 is 16.1 Å². The van der Waals surface area contributed by atoms with Gasteiger partial charge in [0, 0.05) is 0 Å². The topological polar surface area (TPSA) is 18.5 Å². The molecule has 6 heteroatoms. The van der Waals surface area contributed by atoms with E-state index >= 15 is 0 Å². The number of hydrogen-bond acceptors (Lipinski definition) is 2. The molecule has 1 aromatic rings. The van der Waals surface area contributed by atoms with Gasteiger partial charge in [-0.15, -0.1) is 0 Å². The molecule has 0 unspecified atom stereocenters. The molecular weight excluding hydrogens is 229 g/mol. The molecule has 0 saturated carbocycles. The Hall–Kier alpha value is -0.720. The van der Waals surface area contributed by atoms with Crippen molar-refractivity contribution in [2.75, 3.05) is 14.2 Å². The highest BCUT2D eigenvalue weighted by Crippen LogP contribution is 2.68. The first-order valence-corrected chi connectivity index (χ1v) is 5.52. The van der Waals surface area contributed by atoms with Crippen LogP contribution in [0.1, 0.15) is 0 Å². The average Bonchev–Trinajstić information content (AvgIpc) is 2.20. The second-order valence-electron chi connectivity index (χ2n) is 2.60. The molecule has 0 fully saturated rings. The van der Waals surface area contributed by atoms with Gasteiger partial charge in [0.15, 0.2) is 0 Å². The minimum absolute atomic E-state index is 0.00231. The molecular formula is C9H11F3O2S. The van der Waals surface area contributed by atoms with Gasteiger partial charge in [-0.1, -0.05) is 28.8 Å². The third kappa shape index (κ3) is 2.11. The average molecular weight is 240 g/mol. The monoisotopic (exact) mass is 240 g/mol. The van der Waals surface area contributed by atoms with Crippen LogP contribution in [0.5, 0.6) is 0 Å². The number of alkyl halides is 3. The number of halogens is 3. The summed E-state index contributed by atoms with van der Waals surface area (Å²) in [5.41, 5.74) is -4.54. The maximum absolute atomic E-state index is 12.8. The molecule has 0 amide bonds. The lowest BCUT2D eigenvalue weighted by Gasteiger charge is -2.41. The smallest absolute Gasteiger partial charge is 0.276 e. The van der Waals surface area contributed by atoms with Crippen LogP contribution in [0.4, 0.5) is 13.2 Å². The molecule has 2 nitrogen and oxygen atoms in total. The second-order valence-corrected chi connectivity index (χ2v) is 5.20. The third-order valence-corrected chi connectivity index (χ3v) is 4.27. The van der Waals surface area contributed by atoms with Gasteiger partial charge in [0.05, 0.1) is 19.1 Å². The van der Waals surface area contributed by atoms with Crippen LogP contribution in [-0.2, 0) is 8.37 Å². The maximum Gasteiger partial charge on any atom is 0.501 e. The van der Waals surface area contributed by atoms with Gasteiger partial charge >= 0.3 is 5.51 Å². The van der Waals surface area contributed by atoms with E-state index in [1.165, 1.54) is 24.3 Å². The Kier molecular flexibility index (Phi) is 3.64. The molecule has 0 aliphatic carbocycles. The van der Waals surface area contributed by atoms with Gasteiger partial charge in [-0.05, 0) is 12.1 Å². The first kappa shape index (κ1) is 12.4. The van der Waals surface area contributed by atoms with Crippen molar-refractivity contribution >= 4 is 10.6 Å². The predicted octanol–water partition coefficient (Wildman–Crippen LogP) is 3.49. The highest BCUT2D eigenvalue weighted by atomic mass is 32.3. The Morgan fingerprint density at radius 2 is 1.47 bits per heavy atom. The Balaban J connectivity index is 3.24. The SMILES string of the molecule is COS(OC)(c1ccccc1)C(F)(F)F. The highest BCUT2D eigenvalue weighted by Gasteiger charge is 2.50. The summed E-state index contributed by atoms with van der Waals surface area (Å²) in [6.07, 6.45) is 0. The van der Waals surface area contributed by atoms with Crippen LogP contribution < -0.4 is 0 Å². The molecule has 86 valence electrons. The van der Waals surface area contributed by atoms with E-state index in [1.54, 1.807) is 6.07 Å².